The van der Waals surface area contributed by atoms with E-state index >= 15 is 0 Å². The maximum Gasteiger partial charge on any atom is 0.389 e. The highest BCUT2D eigenvalue weighted by atomic mass is 35.5. The van der Waals surface area contributed by atoms with Gasteiger partial charge in [0.05, 0.1) is 20.8 Å². The van der Waals surface area contributed by atoms with E-state index in [1.807, 2.05) is 0 Å². The molecule has 0 fully saturated rings. The Morgan fingerprint density at radius 1 is 1.04 bits per heavy atom. The first kappa shape index (κ1) is 18.9. The predicted molar refractivity (Wildman–Crippen MR) is 86.7 cm³/mol. The number of nitrogens with zero attached hydrogens (tertiary/aromatic N) is 2. The van der Waals surface area contributed by atoms with Crippen molar-refractivity contribution >= 4 is 34.8 Å². The van der Waals surface area contributed by atoms with E-state index < -0.39 is 30.3 Å². The van der Waals surface area contributed by atoms with Crippen LogP contribution in [-0.4, -0.2) is 15.3 Å². The van der Waals surface area contributed by atoms with Crippen LogP contribution in [0.3, 0.4) is 0 Å². The lowest BCUT2D eigenvalue weighted by atomic mass is 10.2. The molecule has 0 aliphatic rings. The molecule has 0 N–H and O–H groups in total. The van der Waals surface area contributed by atoms with Gasteiger partial charge in [0.15, 0.2) is 0 Å². The Morgan fingerprint density at radius 3 is 2.08 bits per heavy atom. The van der Waals surface area contributed by atoms with Crippen molar-refractivity contribution in [3.63, 3.8) is 0 Å². The standard InChI is InChI=1S/C14H10Cl3F3N2O2/c1-21-7(2-3-14(18,19)20)6-11(23)22(13(21)24)8-4-9(15)12(17)10(16)5-8/h4-6H,2-3H2,1H3. The summed E-state index contributed by atoms with van der Waals surface area (Å²) in [6.45, 7) is 0. The van der Waals surface area contributed by atoms with Crippen molar-refractivity contribution in [3.05, 3.63) is 59.8 Å². The van der Waals surface area contributed by atoms with Crippen molar-refractivity contribution in [2.45, 2.75) is 19.0 Å². The molecular weight excluding hydrogens is 392 g/mol. The zero-order chi connectivity index (χ0) is 18.2. The third kappa shape index (κ3) is 3.96. The number of benzene rings is 1. The summed E-state index contributed by atoms with van der Waals surface area (Å²) >= 11 is 17.6. The zero-order valence-corrected chi connectivity index (χ0v) is 14.4. The van der Waals surface area contributed by atoms with Gasteiger partial charge in [0.25, 0.3) is 5.56 Å². The van der Waals surface area contributed by atoms with Gasteiger partial charge >= 0.3 is 11.9 Å². The van der Waals surface area contributed by atoms with Crippen molar-refractivity contribution in [1.82, 2.24) is 9.13 Å². The lowest BCUT2D eigenvalue weighted by Crippen LogP contribution is -2.39. The molecule has 1 heterocycles. The molecule has 10 heteroatoms. The number of hydrogen-bond acceptors (Lipinski definition) is 2. The molecule has 2 rings (SSSR count). The van der Waals surface area contributed by atoms with Gasteiger partial charge in [-0.1, -0.05) is 34.8 Å². The Hall–Kier alpha value is -1.44. The van der Waals surface area contributed by atoms with Gasteiger partial charge in [-0.2, -0.15) is 13.2 Å². The third-order valence-electron chi connectivity index (χ3n) is 3.31. The predicted octanol–water partition coefficient (Wildman–Crippen LogP) is 3.99. The second kappa shape index (κ2) is 6.82. The van der Waals surface area contributed by atoms with Crippen molar-refractivity contribution in [2.75, 3.05) is 0 Å². The molecule has 0 aliphatic heterocycles. The van der Waals surface area contributed by atoms with Crippen molar-refractivity contribution in [2.24, 2.45) is 7.05 Å². The van der Waals surface area contributed by atoms with E-state index in [2.05, 4.69) is 0 Å². The first-order valence-corrected chi connectivity index (χ1v) is 7.68. The highest BCUT2D eigenvalue weighted by Crippen LogP contribution is 2.31. The molecule has 0 unspecified atom stereocenters. The minimum atomic E-state index is -4.39. The molecule has 0 saturated carbocycles. The number of halogens is 6. The lowest BCUT2D eigenvalue weighted by molar-refractivity contribution is -0.134. The summed E-state index contributed by atoms with van der Waals surface area (Å²) in [7, 11) is 1.28. The van der Waals surface area contributed by atoms with Gasteiger partial charge < -0.3 is 4.57 Å². The van der Waals surface area contributed by atoms with E-state index in [1.54, 1.807) is 0 Å². The summed E-state index contributed by atoms with van der Waals surface area (Å²) in [5.74, 6) is 0. The summed E-state index contributed by atoms with van der Waals surface area (Å²) in [5, 5.41) is 0.136. The van der Waals surface area contributed by atoms with Crippen LogP contribution >= 0.6 is 34.8 Å². The molecule has 0 radical (unpaired) electrons. The Bertz CT molecular complexity index is 881. The maximum atomic E-state index is 12.4. The number of alkyl halides is 3. The molecule has 4 nitrogen and oxygen atoms in total. The third-order valence-corrected chi connectivity index (χ3v) is 4.51. The SMILES string of the molecule is Cn1c(CCC(F)(F)F)cc(=O)n(-c2cc(Cl)c(Cl)c(Cl)c2)c1=O. The topological polar surface area (TPSA) is 44.0 Å². The van der Waals surface area contributed by atoms with E-state index in [4.69, 9.17) is 34.8 Å². The first-order valence-electron chi connectivity index (χ1n) is 6.55. The monoisotopic (exact) mass is 400 g/mol. The van der Waals surface area contributed by atoms with Gasteiger partial charge in [0.1, 0.15) is 0 Å². The van der Waals surface area contributed by atoms with Gasteiger partial charge in [-0.25, -0.2) is 9.36 Å². The van der Waals surface area contributed by atoms with Gasteiger partial charge in [-0.3, -0.25) is 4.79 Å². The molecule has 0 atom stereocenters. The second-order valence-corrected chi connectivity index (χ2v) is 6.18. The van der Waals surface area contributed by atoms with Crippen LogP contribution in [0, 0.1) is 0 Å². The summed E-state index contributed by atoms with van der Waals surface area (Å²) in [4.78, 5) is 24.6. The van der Waals surface area contributed by atoms with Gasteiger partial charge in [0, 0.05) is 25.2 Å². The van der Waals surface area contributed by atoms with Crippen molar-refractivity contribution in [3.8, 4) is 5.69 Å². The molecule has 2 aromatic rings. The molecule has 0 amide bonds. The minimum Gasteiger partial charge on any atom is -0.300 e. The summed E-state index contributed by atoms with van der Waals surface area (Å²) in [6, 6.07) is 3.52. The molecular formula is C14H10Cl3F3N2O2. The Labute approximate surface area is 149 Å². The average molecular weight is 402 g/mol. The Kier molecular flexibility index (Phi) is 5.37. The van der Waals surface area contributed by atoms with Crippen LogP contribution in [-0.2, 0) is 13.5 Å². The normalized spacial score (nSPS) is 11.8. The van der Waals surface area contributed by atoms with Gasteiger partial charge in [-0.15, -0.1) is 0 Å². The lowest BCUT2D eigenvalue weighted by Gasteiger charge is -2.13. The molecule has 0 aliphatic carbocycles. The Balaban J connectivity index is 2.57. The maximum absolute atomic E-state index is 12.4. The summed E-state index contributed by atoms with van der Waals surface area (Å²) < 4.78 is 38.7. The van der Waals surface area contributed by atoms with Crippen LogP contribution in [0.4, 0.5) is 13.2 Å². The summed E-state index contributed by atoms with van der Waals surface area (Å²) in [5.41, 5.74) is -1.55. The fourth-order valence-electron chi connectivity index (χ4n) is 2.09. The molecule has 1 aromatic carbocycles. The molecule has 1 aromatic heterocycles. The molecule has 0 bridgehead atoms. The summed E-state index contributed by atoms with van der Waals surface area (Å²) in [6.07, 6.45) is -6.00. The van der Waals surface area contributed by atoms with Crippen LogP contribution < -0.4 is 11.2 Å². The van der Waals surface area contributed by atoms with Crippen LogP contribution in [0.2, 0.25) is 15.1 Å². The van der Waals surface area contributed by atoms with E-state index in [-0.39, 0.29) is 26.4 Å². The highest BCUT2D eigenvalue weighted by Gasteiger charge is 2.27. The molecule has 0 saturated heterocycles. The van der Waals surface area contributed by atoms with Crippen LogP contribution in [0.15, 0.2) is 27.8 Å². The van der Waals surface area contributed by atoms with Crippen LogP contribution in [0.5, 0.6) is 0 Å². The zero-order valence-electron chi connectivity index (χ0n) is 12.1. The molecule has 24 heavy (non-hydrogen) atoms. The largest absolute Gasteiger partial charge is 0.389 e. The highest BCUT2D eigenvalue weighted by molar-refractivity contribution is 6.48. The van der Waals surface area contributed by atoms with Gasteiger partial charge in [-0.05, 0) is 18.6 Å². The quantitative estimate of drug-likeness (QED) is 0.730. The van der Waals surface area contributed by atoms with E-state index in [0.29, 0.717) is 0 Å². The van der Waals surface area contributed by atoms with E-state index in [1.165, 1.54) is 19.2 Å². The van der Waals surface area contributed by atoms with E-state index in [9.17, 15) is 22.8 Å². The number of aryl methyl sites for hydroxylation is 1. The van der Waals surface area contributed by atoms with Crippen LogP contribution in [0.25, 0.3) is 5.69 Å². The van der Waals surface area contributed by atoms with Crippen molar-refractivity contribution < 1.29 is 13.2 Å². The van der Waals surface area contributed by atoms with Gasteiger partial charge in [0.2, 0.25) is 0 Å². The average Bonchev–Trinajstić information content (AvgIpc) is 2.46. The second-order valence-electron chi connectivity index (χ2n) is 4.99. The number of rotatable bonds is 3. The Morgan fingerprint density at radius 2 is 1.58 bits per heavy atom. The molecule has 130 valence electrons. The van der Waals surface area contributed by atoms with E-state index in [0.717, 1.165) is 15.2 Å². The number of hydrogen-bond donors (Lipinski definition) is 0. The fourth-order valence-corrected chi connectivity index (χ4v) is 2.67. The minimum absolute atomic E-state index is 0.0234. The molecule has 0 spiro atoms. The smallest absolute Gasteiger partial charge is 0.300 e. The van der Waals surface area contributed by atoms with Crippen molar-refractivity contribution in [1.29, 1.82) is 0 Å². The number of aromatic nitrogens is 2. The van der Waals surface area contributed by atoms with Crippen LogP contribution in [0.1, 0.15) is 12.1 Å². The first-order chi connectivity index (χ1) is 11.0. The fraction of sp³-hybridized carbons (Fsp3) is 0.286.